The van der Waals surface area contributed by atoms with Gasteiger partial charge in [-0.1, -0.05) is 41.4 Å². The molecule has 0 radical (unpaired) electrons. The van der Waals surface area contributed by atoms with Gasteiger partial charge in [-0.3, -0.25) is 35.1 Å². The van der Waals surface area contributed by atoms with Crippen LogP contribution in [0.5, 0.6) is 17.8 Å². The largest absolute Gasteiger partial charge is 0.778 e. The lowest BCUT2D eigenvalue weighted by molar-refractivity contribution is -0.193. The molecule has 7 N–H and O–H groups in total. The SMILES string of the molecule is CCOC(=O)/C(Cl)=C/c1cc(N2C(=O)C3=C(CCCC3)C2=O)ccc1Cl.COc1cc(OC)nc(NC(=O)NS(=O)(=O)c2ncccc2C(=O)N(C)C)n1.COc1nc(C)nc(NC(=O)NS(=O)(=O)c2ccccc2CCC(F)(F)F)n1.C[S+](C)C.O=C(O)CNCP(=O)([O-])O. The molecule has 5 aromatic rings. The standard InChI is InChI=1S/C19H17Cl2NO4.C15H16F3N5O4S.C15H18N6O6S.C3H8NO5P.C3H9S/c1-2-26-19(25)16(21)10-11-9-12(7-8-15(11)20)22-17(23)13-5-3-4-6-14(13)18(22)24;1-9-19-12(22-14(20-9)27-2)21-13(24)23-28(25,26)11-6-4-3-5-10(11)7-8-15(16,17)18;1-21(2)13(22)9-6-5-7-16-12(9)28(24,25)20-15(23)19-14-17-10(26-3)8-11(18-14)27-4;5-3(6)1-4-2-10(7,8)9;1-4(2)3/h7-10H,2-6H2,1H3;3-6H,7-8H2,1-2H3,(H2,19,20,21,22,23,24);5-8H,1-4H3,(H2,17,18,19,20,23);4H,1-2H2,(H,5,6)(H2,7,8,9);1-3H3/q;;;;+1/p-1/b16-10-;;;;. The summed E-state index contributed by atoms with van der Waals surface area (Å²) in [6.07, 6.45) is 5.32. The maximum atomic E-state index is 12.7. The number of aromatic nitrogens is 6. The molecule has 0 spiro atoms. The van der Waals surface area contributed by atoms with Crippen molar-refractivity contribution in [2.75, 3.05) is 89.2 Å². The normalized spacial score (nSPS) is 13.4. The Hall–Kier alpha value is -8.62. The molecule has 1 aliphatic heterocycles. The van der Waals surface area contributed by atoms with Gasteiger partial charge in [0.1, 0.15) is 18.5 Å². The van der Waals surface area contributed by atoms with Gasteiger partial charge in [0.2, 0.25) is 23.7 Å². The second kappa shape index (κ2) is 37.6. The molecule has 1 unspecified atom stereocenters. The molecule has 524 valence electrons. The van der Waals surface area contributed by atoms with Gasteiger partial charge in [-0.25, -0.2) is 42.1 Å². The van der Waals surface area contributed by atoms with E-state index in [1.165, 1.54) is 101 Å². The average molecular weight is 1470 g/mol. The maximum absolute atomic E-state index is 12.7. The molecule has 1 atom stereocenters. The quantitative estimate of drug-likeness (QED) is 0.0173. The van der Waals surface area contributed by atoms with E-state index < -0.39 is 99.3 Å². The van der Waals surface area contributed by atoms with E-state index in [1.54, 1.807) is 34.6 Å². The third kappa shape index (κ3) is 27.2. The summed E-state index contributed by atoms with van der Waals surface area (Å²) in [5.74, 6) is -3.11. The molecule has 41 heteroatoms. The number of anilines is 3. The number of carbonyl (C=O) groups is 7. The topological polar surface area (TPSA) is 449 Å². The lowest BCUT2D eigenvalue weighted by Crippen LogP contribution is -2.36. The molecule has 32 nitrogen and oxygen atoms in total. The van der Waals surface area contributed by atoms with Crippen molar-refractivity contribution >= 4 is 127 Å². The number of hydrogen-bond acceptors (Lipinski definition) is 24. The molecule has 1 aliphatic carbocycles. The number of carbonyl (C=O) groups excluding carboxylic acids is 6. The van der Waals surface area contributed by atoms with Crippen LogP contribution in [0, 0.1) is 6.92 Å². The van der Waals surface area contributed by atoms with E-state index in [1.807, 2.05) is 5.32 Å². The van der Waals surface area contributed by atoms with E-state index >= 15 is 0 Å². The number of esters is 1. The number of halogens is 5. The number of aryl methyl sites for hydroxylation is 2. The van der Waals surface area contributed by atoms with Crippen LogP contribution >= 0.6 is 30.8 Å². The van der Waals surface area contributed by atoms with Gasteiger partial charge in [-0.2, -0.15) is 46.5 Å². The van der Waals surface area contributed by atoms with Crippen LogP contribution in [0.25, 0.3) is 6.08 Å². The number of carboxylic acid groups (broad SMARTS) is 1. The molecule has 0 saturated carbocycles. The third-order valence-corrected chi connectivity index (χ3v) is 15.4. The molecule has 2 aromatic carbocycles. The fourth-order valence-electron chi connectivity index (χ4n) is 7.59. The van der Waals surface area contributed by atoms with Gasteiger partial charge in [-0.15, -0.1) is 0 Å². The minimum absolute atomic E-state index is 0.0715. The number of urea groups is 2. The Kier molecular flexibility index (Phi) is 32.0. The minimum Gasteiger partial charge on any atom is -0.778 e. The summed E-state index contributed by atoms with van der Waals surface area (Å²) in [6.45, 7) is 2.90. The van der Waals surface area contributed by atoms with Crippen molar-refractivity contribution in [2.45, 2.75) is 68.5 Å². The number of aliphatic carboxylic acids is 1. The van der Waals surface area contributed by atoms with E-state index in [9.17, 15) is 73.0 Å². The van der Waals surface area contributed by atoms with Gasteiger partial charge in [-0.05, 0) is 110 Å². The summed E-state index contributed by atoms with van der Waals surface area (Å²) in [4.78, 5) is 126. The molecule has 0 bridgehead atoms. The Balaban J connectivity index is 0.000000341. The van der Waals surface area contributed by atoms with E-state index in [0.29, 0.717) is 51.2 Å². The summed E-state index contributed by atoms with van der Waals surface area (Å²) in [6, 6.07) is 11.5. The Morgan fingerprint density at radius 3 is 1.89 bits per heavy atom. The van der Waals surface area contributed by atoms with Crippen molar-refractivity contribution in [3.05, 3.63) is 111 Å². The lowest BCUT2D eigenvalue weighted by Gasteiger charge is -2.16. The summed E-state index contributed by atoms with van der Waals surface area (Å²) in [7, 11) is -5.70. The van der Waals surface area contributed by atoms with Crippen LogP contribution in [0.4, 0.5) is 40.3 Å². The number of imide groups is 1. The number of carboxylic acids is 1. The second-order valence-electron chi connectivity index (χ2n) is 19.7. The fraction of sp³-hybridized carbons (Fsp3) is 0.364. The predicted molar refractivity (Wildman–Crippen MR) is 343 cm³/mol. The monoisotopic (exact) mass is 1470 g/mol. The zero-order valence-electron chi connectivity index (χ0n) is 52.8. The molecule has 96 heavy (non-hydrogen) atoms. The first-order valence-electron chi connectivity index (χ1n) is 27.4. The Bertz CT molecular complexity index is 3930. The summed E-state index contributed by atoms with van der Waals surface area (Å²) < 4.78 is 120. The Labute approximate surface area is 561 Å². The van der Waals surface area contributed by atoms with Gasteiger partial charge < -0.3 is 43.3 Å². The molecule has 7 rings (SSSR count). The third-order valence-electron chi connectivity index (χ3n) is 11.5. The van der Waals surface area contributed by atoms with Crippen LogP contribution in [0.3, 0.4) is 0 Å². The Morgan fingerprint density at radius 1 is 0.823 bits per heavy atom. The van der Waals surface area contributed by atoms with E-state index in [0.717, 1.165) is 18.9 Å². The number of alkyl halides is 3. The highest BCUT2D eigenvalue weighted by molar-refractivity contribution is 7.94. The smallest absolute Gasteiger partial charge is 0.389 e. The summed E-state index contributed by atoms with van der Waals surface area (Å²) in [5, 5.41) is 13.9. The summed E-state index contributed by atoms with van der Waals surface area (Å²) >= 11 is 12.1. The Morgan fingerprint density at radius 2 is 1.38 bits per heavy atom. The number of nitrogens with zero attached hydrogens (tertiary/aromatic N) is 8. The van der Waals surface area contributed by atoms with Crippen LogP contribution in [0.2, 0.25) is 5.02 Å². The fourth-order valence-corrected chi connectivity index (χ4v) is 10.5. The van der Waals surface area contributed by atoms with Gasteiger partial charge in [0, 0.05) is 42.9 Å². The number of benzene rings is 2. The van der Waals surface area contributed by atoms with Crippen molar-refractivity contribution in [3.8, 4) is 17.8 Å². The highest BCUT2D eigenvalue weighted by Crippen LogP contribution is 2.37. The van der Waals surface area contributed by atoms with E-state index in [-0.39, 0.29) is 70.1 Å². The van der Waals surface area contributed by atoms with Crippen LogP contribution in [0.1, 0.15) is 66.3 Å². The van der Waals surface area contributed by atoms with Gasteiger partial charge >= 0.3 is 36.2 Å². The van der Waals surface area contributed by atoms with Gasteiger partial charge in [0.15, 0.2) is 5.03 Å². The second-order valence-corrected chi connectivity index (χ2v) is 27.8. The first kappa shape index (κ1) is 81.6. The highest BCUT2D eigenvalue weighted by atomic mass is 35.5. The molecular formula is C55H67Cl2F3N13O19PS3. The van der Waals surface area contributed by atoms with Crippen molar-refractivity contribution in [1.82, 2.24) is 49.6 Å². The van der Waals surface area contributed by atoms with E-state index in [2.05, 4.69) is 59.3 Å². The van der Waals surface area contributed by atoms with Crippen molar-refractivity contribution in [3.63, 3.8) is 0 Å². The number of sulfonamides is 2. The molecule has 0 saturated heterocycles. The van der Waals surface area contributed by atoms with Crippen LogP contribution in [-0.4, -0.2) is 183 Å². The van der Waals surface area contributed by atoms with Crippen LogP contribution in [0.15, 0.2) is 93.0 Å². The molecule has 2 aliphatic rings. The zero-order valence-corrected chi connectivity index (χ0v) is 57.6. The first-order chi connectivity index (χ1) is 44.8. The van der Waals surface area contributed by atoms with Crippen LogP contribution < -0.4 is 49.4 Å². The summed E-state index contributed by atoms with van der Waals surface area (Å²) in [5.41, 5.74) is 1.78. The molecule has 7 amide bonds. The number of rotatable bonds is 20. The highest BCUT2D eigenvalue weighted by Gasteiger charge is 2.40. The van der Waals surface area contributed by atoms with Crippen LogP contribution in [-0.2, 0) is 65.8 Å². The number of nitrogens with one attached hydrogen (secondary N) is 5. The predicted octanol–water partition coefficient (Wildman–Crippen LogP) is 5.18. The van der Waals surface area contributed by atoms with Crippen molar-refractivity contribution < 1.29 is 102 Å². The molecule has 3 aromatic heterocycles. The minimum atomic E-state index is -4.46. The number of amides is 7. The van der Waals surface area contributed by atoms with Crippen molar-refractivity contribution in [2.24, 2.45) is 0 Å². The van der Waals surface area contributed by atoms with Crippen molar-refractivity contribution in [1.29, 1.82) is 0 Å². The first-order valence-corrected chi connectivity index (χ1v) is 35.3. The van der Waals surface area contributed by atoms with E-state index in [4.69, 9.17) is 52.1 Å². The number of hydrogen-bond donors (Lipinski definition) is 7. The van der Waals surface area contributed by atoms with Gasteiger partial charge in [0.25, 0.3) is 37.8 Å². The zero-order chi connectivity index (χ0) is 72.5. The van der Waals surface area contributed by atoms with Gasteiger partial charge in [0.05, 0.1) is 81.7 Å². The molecular weight excluding hydrogens is 1400 g/mol. The average Bonchev–Trinajstić information content (AvgIpc) is 1.59. The molecule has 0 fully saturated rings. The number of pyridine rings is 1. The number of methoxy groups -OCH3 is 3. The lowest BCUT2D eigenvalue weighted by atomic mass is 9.93. The maximum Gasteiger partial charge on any atom is 0.389 e. The molecule has 4 heterocycles. The number of ether oxygens (including phenoxy) is 4.